The maximum atomic E-state index is 13.5. The SMILES string of the molecule is O=CN(Cc1ccc(C(F)(F)F)cc1)C1CCC(CN(Cc2ccccc2)S(=O)(=O)c2ccccc2)CC1. The van der Waals surface area contributed by atoms with Gasteiger partial charge in [-0.3, -0.25) is 4.79 Å². The zero-order chi connectivity index (χ0) is 27.2. The van der Waals surface area contributed by atoms with E-state index in [2.05, 4.69) is 0 Å². The predicted octanol–water partition coefficient (Wildman–Crippen LogP) is 6.11. The predicted molar refractivity (Wildman–Crippen MR) is 139 cm³/mol. The van der Waals surface area contributed by atoms with Gasteiger partial charge < -0.3 is 4.90 Å². The van der Waals surface area contributed by atoms with Crippen LogP contribution in [0, 0.1) is 5.92 Å². The minimum Gasteiger partial charge on any atom is -0.338 e. The summed E-state index contributed by atoms with van der Waals surface area (Å²) in [4.78, 5) is 13.7. The Balaban J connectivity index is 1.41. The summed E-state index contributed by atoms with van der Waals surface area (Å²) < 4.78 is 67.1. The van der Waals surface area contributed by atoms with Crippen molar-refractivity contribution in [2.24, 2.45) is 5.92 Å². The smallest absolute Gasteiger partial charge is 0.338 e. The Morgan fingerprint density at radius 2 is 1.32 bits per heavy atom. The average molecular weight is 545 g/mol. The lowest BCUT2D eigenvalue weighted by molar-refractivity contribution is -0.137. The molecule has 0 saturated heterocycles. The maximum Gasteiger partial charge on any atom is 0.416 e. The van der Waals surface area contributed by atoms with Crippen molar-refractivity contribution < 1.29 is 26.4 Å². The lowest BCUT2D eigenvalue weighted by Crippen LogP contribution is -2.40. The molecule has 1 aliphatic rings. The van der Waals surface area contributed by atoms with Gasteiger partial charge >= 0.3 is 6.18 Å². The van der Waals surface area contributed by atoms with Crippen molar-refractivity contribution in [3.63, 3.8) is 0 Å². The number of carbonyl (C=O) groups is 1. The van der Waals surface area contributed by atoms with Crippen LogP contribution in [0.4, 0.5) is 13.2 Å². The van der Waals surface area contributed by atoms with Crippen LogP contribution in [0.3, 0.4) is 0 Å². The first-order chi connectivity index (χ1) is 18.2. The zero-order valence-electron chi connectivity index (χ0n) is 20.9. The molecule has 1 amide bonds. The summed E-state index contributed by atoms with van der Waals surface area (Å²) >= 11 is 0. The summed E-state index contributed by atoms with van der Waals surface area (Å²) in [7, 11) is -3.70. The van der Waals surface area contributed by atoms with E-state index in [4.69, 9.17) is 0 Å². The molecule has 38 heavy (non-hydrogen) atoms. The number of nitrogens with zero attached hydrogens (tertiary/aromatic N) is 2. The van der Waals surface area contributed by atoms with Gasteiger partial charge in [-0.05, 0) is 67.0 Å². The van der Waals surface area contributed by atoms with E-state index in [1.165, 1.54) is 12.1 Å². The molecule has 1 saturated carbocycles. The summed E-state index contributed by atoms with van der Waals surface area (Å²) in [6.45, 7) is 0.880. The van der Waals surface area contributed by atoms with Gasteiger partial charge in [0.15, 0.2) is 0 Å². The van der Waals surface area contributed by atoms with Crippen molar-refractivity contribution >= 4 is 16.4 Å². The highest BCUT2D eigenvalue weighted by atomic mass is 32.2. The second kappa shape index (κ2) is 12.1. The lowest BCUT2D eigenvalue weighted by atomic mass is 9.85. The second-order valence-corrected chi connectivity index (χ2v) is 11.7. The number of alkyl halides is 3. The third kappa shape index (κ3) is 7.02. The Morgan fingerprint density at radius 1 is 0.763 bits per heavy atom. The molecule has 4 rings (SSSR count). The molecule has 0 aromatic heterocycles. The third-order valence-electron chi connectivity index (χ3n) is 7.11. The van der Waals surface area contributed by atoms with E-state index in [0.717, 1.165) is 36.9 Å². The Bertz CT molecular complexity index is 1280. The van der Waals surface area contributed by atoms with Crippen LogP contribution in [0.1, 0.15) is 42.4 Å². The standard InChI is InChI=1S/C29H31F3N2O3S/c30-29(31,32)26-15-11-24(12-16-26)19-33(22-35)27-17-13-25(14-18-27)21-34(20-23-7-3-1-4-8-23)38(36,37)28-9-5-2-6-10-28/h1-12,15-16,22,25,27H,13-14,17-21H2. The molecular weight excluding hydrogens is 513 g/mol. The molecule has 0 spiro atoms. The molecule has 202 valence electrons. The number of hydrogen-bond donors (Lipinski definition) is 0. The fourth-order valence-electron chi connectivity index (χ4n) is 4.99. The molecule has 0 heterocycles. The van der Waals surface area contributed by atoms with Crippen molar-refractivity contribution in [2.75, 3.05) is 6.54 Å². The van der Waals surface area contributed by atoms with Crippen LogP contribution in [0.25, 0.3) is 0 Å². The van der Waals surface area contributed by atoms with Crippen LogP contribution >= 0.6 is 0 Å². The molecule has 9 heteroatoms. The minimum absolute atomic E-state index is 0.0423. The van der Waals surface area contributed by atoms with E-state index in [9.17, 15) is 26.4 Å². The molecule has 3 aromatic rings. The molecular formula is C29H31F3N2O3S. The monoisotopic (exact) mass is 544 g/mol. The largest absolute Gasteiger partial charge is 0.416 e. The van der Waals surface area contributed by atoms with Crippen molar-refractivity contribution in [3.05, 3.63) is 102 Å². The molecule has 0 atom stereocenters. The zero-order valence-corrected chi connectivity index (χ0v) is 21.7. The minimum atomic E-state index is -4.40. The summed E-state index contributed by atoms with van der Waals surface area (Å²) in [5.41, 5.74) is 0.824. The molecule has 1 fully saturated rings. The van der Waals surface area contributed by atoms with E-state index < -0.39 is 21.8 Å². The van der Waals surface area contributed by atoms with Crippen LogP contribution in [0.15, 0.2) is 89.8 Å². The number of rotatable bonds is 10. The van der Waals surface area contributed by atoms with E-state index in [-0.39, 0.29) is 29.9 Å². The van der Waals surface area contributed by atoms with Gasteiger partial charge in [-0.1, -0.05) is 60.7 Å². The molecule has 0 bridgehead atoms. The summed E-state index contributed by atoms with van der Waals surface area (Å²) in [5, 5.41) is 0. The first-order valence-electron chi connectivity index (χ1n) is 12.6. The van der Waals surface area contributed by atoms with Crippen molar-refractivity contribution in [3.8, 4) is 0 Å². The molecule has 0 N–H and O–H groups in total. The van der Waals surface area contributed by atoms with Crippen LogP contribution in [0.2, 0.25) is 0 Å². The van der Waals surface area contributed by atoms with Crippen LogP contribution in [0.5, 0.6) is 0 Å². The van der Waals surface area contributed by atoms with Crippen LogP contribution in [-0.4, -0.2) is 36.6 Å². The van der Waals surface area contributed by atoms with Crippen LogP contribution < -0.4 is 0 Å². The van der Waals surface area contributed by atoms with E-state index >= 15 is 0 Å². The molecule has 0 unspecified atom stereocenters. The average Bonchev–Trinajstić information content (AvgIpc) is 2.93. The maximum absolute atomic E-state index is 13.5. The number of amides is 1. The molecule has 0 aliphatic heterocycles. The lowest BCUT2D eigenvalue weighted by Gasteiger charge is -2.36. The van der Waals surface area contributed by atoms with Crippen molar-refractivity contribution in [1.82, 2.24) is 9.21 Å². The van der Waals surface area contributed by atoms with E-state index in [1.807, 2.05) is 30.3 Å². The van der Waals surface area contributed by atoms with Crippen LogP contribution in [-0.2, 0) is 34.1 Å². The van der Waals surface area contributed by atoms with Gasteiger partial charge in [0.2, 0.25) is 16.4 Å². The quantitative estimate of drug-likeness (QED) is 0.289. The number of hydrogen-bond acceptors (Lipinski definition) is 3. The summed E-state index contributed by atoms with van der Waals surface area (Å²) in [5.74, 6) is 0.132. The Kier molecular flexibility index (Phi) is 8.89. The normalized spacial score (nSPS) is 18.3. The number of sulfonamides is 1. The number of carbonyl (C=O) groups excluding carboxylic acids is 1. The topological polar surface area (TPSA) is 57.7 Å². The Morgan fingerprint density at radius 3 is 1.87 bits per heavy atom. The fraction of sp³-hybridized carbons (Fsp3) is 0.345. The van der Waals surface area contributed by atoms with Gasteiger partial charge in [-0.15, -0.1) is 0 Å². The molecule has 0 radical (unpaired) electrons. The molecule has 3 aromatic carbocycles. The van der Waals surface area contributed by atoms with Crippen molar-refractivity contribution in [2.45, 2.75) is 55.9 Å². The van der Waals surface area contributed by atoms with Crippen molar-refractivity contribution in [1.29, 1.82) is 0 Å². The number of benzene rings is 3. The highest BCUT2D eigenvalue weighted by Crippen LogP contribution is 2.32. The van der Waals surface area contributed by atoms with Gasteiger partial charge in [-0.25, -0.2) is 8.42 Å². The van der Waals surface area contributed by atoms with Gasteiger partial charge in [0, 0.05) is 25.7 Å². The molecule has 5 nitrogen and oxygen atoms in total. The Hall–Kier alpha value is -3.17. The van der Waals surface area contributed by atoms with E-state index in [1.54, 1.807) is 39.5 Å². The second-order valence-electron chi connectivity index (χ2n) is 9.74. The first-order valence-corrected chi connectivity index (χ1v) is 14.1. The summed E-state index contributed by atoms with van der Waals surface area (Å²) in [6, 6.07) is 22.7. The first kappa shape index (κ1) is 27.9. The Labute approximate surface area is 221 Å². The summed E-state index contributed by atoms with van der Waals surface area (Å²) in [6.07, 6.45) is -0.744. The number of halogens is 3. The van der Waals surface area contributed by atoms with Gasteiger partial charge in [-0.2, -0.15) is 17.5 Å². The highest BCUT2D eigenvalue weighted by molar-refractivity contribution is 7.89. The molecule has 1 aliphatic carbocycles. The van der Waals surface area contributed by atoms with Gasteiger partial charge in [0.1, 0.15) is 0 Å². The fourth-order valence-corrected chi connectivity index (χ4v) is 6.51. The van der Waals surface area contributed by atoms with Gasteiger partial charge in [0.25, 0.3) is 0 Å². The third-order valence-corrected chi connectivity index (χ3v) is 8.94. The van der Waals surface area contributed by atoms with E-state index in [0.29, 0.717) is 24.9 Å². The van der Waals surface area contributed by atoms with Gasteiger partial charge in [0.05, 0.1) is 10.5 Å². The highest BCUT2D eigenvalue weighted by Gasteiger charge is 2.32.